The van der Waals surface area contributed by atoms with Crippen LogP contribution >= 0.6 is 23.1 Å². The van der Waals surface area contributed by atoms with Gasteiger partial charge >= 0.3 is 18.1 Å². The minimum absolute atomic E-state index is 0.0553. The first-order valence-corrected chi connectivity index (χ1v) is 12.7. The molecule has 38 heavy (non-hydrogen) atoms. The molecule has 0 bridgehead atoms. The molecule has 0 aliphatic carbocycles. The zero-order valence-electron chi connectivity index (χ0n) is 19.3. The SMILES string of the molecule is Cc1ccc(CON=C(C(=O)NC2C(=O)N3C(C(=O)O)=CCS[C@@H]23)c2csc(NC(=O)C(F)(F)F)n2)cc1. The number of carboxylic acid groups (broad SMARTS) is 1. The number of aryl methyl sites for hydroxylation is 1. The van der Waals surface area contributed by atoms with Gasteiger partial charge in [-0.15, -0.1) is 23.1 Å². The first-order valence-electron chi connectivity index (χ1n) is 10.7. The number of carbonyl (C=O) groups is 4. The standard InChI is InChI=1S/C22H18F3N5O6S2/c1-10-2-4-11(5-3-10)8-36-29-14(12-9-38-21(26-12)28-20(35)22(23,24)25)16(31)27-15-17(32)30-13(19(33)34)6-7-37-18(15)30/h2-6,9,15,18H,7-8H2,1H3,(H,27,31)(H,33,34)(H,26,28,35)/t15?,18-/m0/s1. The third-order valence-electron chi connectivity index (χ3n) is 5.30. The number of aliphatic carboxylic acids is 1. The smallest absolute Gasteiger partial charge is 0.471 e. The van der Waals surface area contributed by atoms with Crippen LogP contribution in [0.15, 0.2) is 46.6 Å². The molecule has 1 aromatic carbocycles. The molecule has 16 heteroatoms. The summed E-state index contributed by atoms with van der Waals surface area (Å²) in [6.07, 6.45) is -3.76. The van der Waals surface area contributed by atoms with E-state index >= 15 is 0 Å². The first kappa shape index (κ1) is 27.1. The van der Waals surface area contributed by atoms with Crippen LogP contribution in [0.4, 0.5) is 18.3 Å². The topological polar surface area (TPSA) is 150 Å². The predicted molar refractivity (Wildman–Crippen MR) is 130 cm³/mol. The maximum absolute atomic E-state index is 13.1. The molecule has 4 rings (SSSR count). The molecule has 200 valence electrons. The Balaban J connectivity index is 1.53. The van der Waals surface area contributed by atoms with E-state index in [4.69, 9.17) is 4.84 Å². The highest BCUT2D eigenvalue weighted by Crippen LogP contribution is 2.37. The Morgan fingerprint density at radius 2 is 1.97 bits per heavy atom. The third kappa shape index (κ3) is 5.80. The Kier molecular flexibility index (Phi) is 7.73. The van der Waals surface area contributed by atoms with Gasteiger partial charge < -0.3 is 15.3 Å². The number of hydrogen-bond donors (Lipinski definition) is 3. The Hall–Kier alpha value is -3.92. The van der Waals surface area contributed by atoms with Crippen molar-refractivity contribution in [1.29, 1.82) is 0 Å². The fourth-order valence-electron chi connectivity index (χ4n) is 3.42. The van der Waals surface area contributed by atoms with E-state index in [-0.39, 0.29) is 18.0 Å². The minimum atomic E-state index is -5.14. The Bertz CT molecular complexity index is 1340. The minimum Gasteiger partial charge on any atom is -0.477 e. The fraction of sp³-hybridized carbons (Fsp3) is 0.273. The number of hydrogen-bond acceptors (Lipinski definition) is 9. The highest BCUT2D eigenvalue weighted by Gasteiger charge is 2.53. The number of benzene rings is 1. The van der Waals surface area contributed by atoms with Crippen molar-refractivity contribution >= 4 is 57.6 Å². The maximum Gasteiger partial charge on any atom is 0.471 e. The lowest BCUT2D eigenvalue weighted by atomic mass is 10.0. The number of carboxylic acids is 1. The van der Waals surface area contributed by atoms with Crippen LogP contribution in [-0.4, -0.2) is 67.7 Å². The van der Waals surface area contributed by atoms with Crippen LogP contribution in [0, 0.1) is 6.92 Å². The van der Waals surface area contributed by atoms with Crippen molar-refractivity contribution in [2.24, 2.45) is 5.16 Å². The average molecular weight is 570 g/mol. The average Bonchev–Trinajstić information content (AvgIpc) is 3.32. The number of nitrogens with zero attached hydrogens (tertiary/aromatic N) is 3. The second-order valence-corrected chi connectivity index (χ2v) is 9.97. The van der Waals surface area contributed by atoms with Gasteiger partial charge in [0.2, 0.25) is 0 Å². The Labute approximate surface area is 220 Å². The number of β-lactam (4-membered cyclic amide) rings is 1. The number of halogens is 3. The van der Waals surface area contributed by atoms with E-state index in [9.17, 15) is 37.5 Å². The lowest BCUT2D eigenvalue weighted by Gasteiger charge is -2.48. The number of fused-ring (bicyclic) bond motifs is 1. The van der Waals surface area contributed by atoms with E-state index in [1.807, 2.05) is 19.1 Å². The number of thioether (sulfide) groups is 1. The van der Waals surface area contributed by atoms with Crippen molar-refractivity contribution < 1.29 is 42.3 Å². The van der Waals surface area contributed by atoms with Gasteiger partial charge in [-0.25, -0.2) is 9.78 Å². The van der Waals surface area contributed by atoms with Crippen LogP contribution in [0.3, 0.4) is 0 Å². The van der Waals surface area contributed by atoms with Crippen LogP contribution in [0.25, 0.3) is 0 Å². The molecule has 3 N–H and O–H groups in total. The summed E-state index contributed by atoms with van der Waals surface area (Å²) >= 11 is 1.86. The fourth-order valence-corrected chi connectivity index (χ4v) is 5.30. The van der Waals surface area contributed by atoms with Gasteiger partial charge in [-0.3, -0.25) is 24.6 Å². The van der Waals surface area contributed by atoms with Crippen LogP contribution in [0.5, 0.6) is 0 Å². The zero-order chi connectivity index (χ0) is 27.6. The van der Waals surface area contributed by atoms with E-state index in [0.717, 1.165) is 10.5 Å². The predicted octanol–water partition coefficient (Wildman–Crippen LogP) is 2.24. The van der Waals surface area contributed by atoms with E-state index in [2.05, 4.69) is 15.5 Å². The molecule has 3 amide bonds. The first-order chi connectivity index (χ1) is 18.0. The molecule has 3 heterocycles. The van der Waals surface area contributed by atoms with E-state index in [1.54, 1.807) is 17.4 Å². The number of amides is 3. The van der Waals surface area contributed by atoms with E-state index in [0.29, 0.717) is 22.7 Å². The quantitative estimate of drug-likeness (QED) is 0.249. The number of aromatic nitrogens is 1. The number of anilines is 1. The zero-order valence-corrected chi connectivity index (χ0v) is 20.9. The van der Waals surface area contributed by atoms with Crippen LogP contribution in [0.2, 0.25) is 0 Å². The van der Waals surface area contributed by atoms with Gasteiger partial charge in [0.1, 0.15) is 29.4 Å². The van der Waals surface area contributed by atoms with E-state index < -0.39 is 52.1 Å². The number of thiazole rings is 1. The van der Waals surface area contributed by atoms with Crippen molar-refractivity contribution in [3.8, 4) is 0 Å². The van der Waals surface area contributed by atoms with Crippen molar-refractivity contribution in [2.45, 2.75) is 31.1 Å². The Morgan fingerprint density at radius 3 is 2.63 bits per heavy atom. The summed E-state index contributed by atoms with van der Waals surface area (Å²) in [4.78, 5) is 58.6. The summed E-state index contributed by atoms with van der Waals surface area (Å²) in [7, 11) is 0. The molecule has 11 nitrogen and oxygen atoms in total. The molecular formula is C22H18F3N5O6S2. The van der Waals surface area contributed by atoms with Gasteiger partial charge in [0.05, 0.1) is 0 Å². The Morgan fingerprint density at radius 1 is 1.26 bits per heavy atom. The molecular weight excluding hydrogens is 551 g/mol. The van der Waals surface area contributed by atoms with Gasteiger partial charge in [-0.05, 0) is 18.6 Å². The highest BCUT2D eigenvalue weighted by atomic mass is 32.2. The summed E-state index contributed by atoms with van der Waals surface area (Å²) in [6, 6.07) is 6.13. The molecule has 1 aromatic heterocycles. The summed E-state index contributed by atoms with van der Waals surface area (Å²) in [5, 5.41) is 17.3. The van der Waals surface area contributed by atoms with Crippen molar-refractivity contribution in [1.82, 2.24) is 15.2 Å². The van der Waals surface area contributed by atoms with Gasteiger partial charge in [0.25, 0.3) is 11.8 Å². The van der Waals surface area contributed by atoms with Crippen LogP contribution < -0.4 is 10.6 Å². The number of rotatable bonds is 8. The molecule has 2 aliphatic heterocycles. The van der Waals surface area contributed by atoms with E-state index in [1.165, 1.54) is 23.2 Å². The van der Waals surface area contributed by atoms with Gasteiger partial charge in [0.15, 0.2) is 10.8 Å². The largest absolute Gasteiger partial charge is 0.477 e. The molecule has 2 aromatic rings. The number of oxime groups is 1. The third-order valence-corrected chi connectivity index (χ3v) is 7.24. The molecule has 1 fully saturated rings. The molecule has 2 atom stereocenters. The monoisotopic (exact) mass is 569 g/mol. The number of nitrogens with one attached hydrogen (secondary N) is 2. The lowest BCUT2D eigenvalue weighted by Crippen LogP contribution is -2.70. The molecule has 1 saturated heterocycles. The van der Waals surface area contributed by atoms with Crippen molar-refractivity contribution in [3.05, 3.63) is 58.2 Å². The van der Waals surface area contributed by atoms with Crippen molar-refractivity contribution in [3.63, 3.8) is 0 Å². The molecule has 0 saturated carbocycles. The second-order valence-electron chi connectivity index (χ2n) is 7.97. The van der Waals surface area contributed by atoms with Crippen LogP contribution in [-0.2, 0) is 30.6 Å². The normalized spacial score (nSPS) is 19.2. The highest BCUT2D eigenvalue weighted by molar-refractivity contribution is 8.00. The lowest BCUT2D eigenvalue weighted by molar-refractivity contribution is -0.167. The van der Waals surface area contributed by atoms with Gasteiger partial charge in [-0.2, -0.15) is 13.2 Å². The molecule has 0 radical (unpaired) electrons. The molecule has 0 spiro atoms. The van der Waals surface area contributed by atoms with Gasteiger partial charge in [0, 0.05) is 11.1 Å². The summed E-state index contributed by atoms with van der Waals surface area (Å²) in [5.41, 5.74) is 0.867. The maximum atomic E-state index is 13.1. The van der Waals surface area contributed by atoms with Gasteiger partial charge in [-0.1, -0.05) is 35.0 Å². The molecule has 2 aliphatic rings. The van der Waals surface area contributed by atoms with Crippen molar-refractivity contribution in [2.75, 3.05) is 11.1 Å². The number of carbonyl (C=O) groups excluding carboxylic acids is 3. The second kappa shape index (κ2) is 10.8. The molecule has 1 unspecified atom stereocenters. The summed E-state index contributed by atoms with van der Waals surface area (Å²) in [5.74, 6) is -4.81. The van der Waals surface area contributed by atoms with Crippen LogP contribution in [0.1, 0.15) is 16.8 Å². The number of alkyl halides is 3. The summed E-state index contributed by atoms with van der Waals surface area (Å²) in [6.45, 7) is 1.84. The summed E-state index contributed by atoms with van der Waals surface area (Å²) < 4.78 is 37.8.